The predicted molar refractivity (Wildman–Crippen MR) is 88.4 cm³/mol. The summed E-state index contributed by atoms with van der Waals surface area (Å²) in [5, 5.41) is 8.20. The highest BCUT2D eigenvalue weighted by Gasteiger charge is 2.32. The lowest BCUT2D eigenvalue weighted by Gasteiger charge is -2.31. The standard InChI is InChI=1S/C17H28N4O2/c1-17(2,3)23-16(22)21-10-7-14-13(11-21)15(19-20(14)4)12-5-8-18-9-6-12/h12,18H,5-11H2,1-4H3. The van der Waals surface area contributed by atoms with E-state index in [9.17, 15) is 4.79 Å². The number of aromatic nitrogens is 2. The number of nitrogens with zero attached hydrogens (tertiary/aromatic N) is 3. The Hall–Kier alpha value is -1.56. The van der Waals surface area contributed by atoms with Crippen LogP contribution in [0.15, 0.2) is 0 Å². The Labute approximate surface area is 138 Å². The van der Waals surface area contributed by atoms with Gasteiger partial charge in [-0.2, -0.15) is 5.10 Å². The number of nitrogens with one attached hydrogen (secondary N) is 1. The maximum Gasteiger partial charge on any atom is 0.410 e. The van der Waals surface area contributed by atoms with E-state index in [-0.39, 0.29) is 6.09 Å². The number of carbonyl (C=O) groups is 1. The van der Waals surface area contributed by atoms with Gasteiger partial charge in [0, 0.05) is 37.2 Å². The van der Waals surface area contributed by atoms with Crippen molar-refractivity contribution >= 4 is 6.09 Å². The van der Waals surface area contributed by atoms with Crippen molar-refractivity contribution in [3.05, 3.63) is 17.0 Å². The van der Waals surface area contributed by atoms with Gasteiger partial charge in [-0.25, -0.2) is 4.79 Å². The van der Waals surface area contributed by atoms with Crippen LogP contribution in [0.1, 0.15) is 56.5 Å². The fourth-order valence-electron chi connectivity index (χ4n) is 3.53. The molecule has 23 heavy (non-hydrogen) atoms. The topological polar surface area (TPSA) is 59.4 Å². The summed E-state index contributed by atoms with van der Waals surface area (Å²) in [7, 11) is 2.02. The summed E-state index contributed by atoms with van der Waals surface area (Å²) in [4.78, 5) is 14.2. The smallest absolute Gasteiger partial charge is 0.410 e. The molecule has 1 fully saturated rings. The molecule has 1 N–H and O–H groups in total. The second-order valence-electron chi connectivity index (χ2n) is 7.61. The van der Waals surface area contributed by atoms with Gasteiger partial charge in [0.15, 0.2) is 0 Å². The van der Waals surface area contributed by atoms with Gasteiger partial charge in [-0.3, -0.25) is 4.68 Å². The number of hydrogen-bond donors (Lipinski definition) is 1. The average Bonchev–Trinajstić information content (AvgIpc) is 2.83. The third-order valence-corrected chi connectivity index (χ3v) is 4.65. The maximum atomic E-state index is 12.4. The molecule has 3 heterocycles. The summed E-state index contributed by atoms with van der Waals surface area (Å²) in [5.74, 6) is 0.504. The number of amides is 1. The minimum atomic E-state index is -0.454. The Kier molecular flexibility index (Phi) is 4.36. The third-order valence-electron chi connectivity index (χ3n) is 4.65. The van der Waals surface area contributed by atoms with Gasteiger partial charge in [-0.1, -0.05) is 0 Å². The van der Waals surface area contributed by atoms with Crippen LogP contribution in [0.5, 0.6) is 0 Å². The summed E-state index contributed by atoms with van der Waals surface area (Å²) in [6, 6.07) is 0. The SMILES string of the molecule is Cn1nc(C2CCNCC2)c2c1CCN(C(=O)OC(C)(C)C)C2. The molecule has 0 spiro atoms. The predicted octanol–water partition coefficient (Wildman–Crippen LogP) is 2.18. The Morgan fingerprint density at radius 2 is 2.00 bits per heavy atom. The minimum Gasteiger partial charge on any atom is -0.444 e. The van der Waals surface area contributed by atoms with E-state index in [1.165, 1.54) is 17.0 Å². The molecule has 6 heteroatoms. The molecule has 1 saturated heterocycles. The number of fused-ring (bicyclic) bond motifs is 1. The molecular formula is C17H28N4O2. The number of aryl methyl sites for hydroxylation is 1. The van der Waals surface area contributed by atoms with Crippen molar-refractivity contribution < 1.29 is 9.53 Å². The van der Waals surface area contributed by atoms with Gasteiger partial charge < -0.3 is 15.0 Å². The molecule has 0 aromatic carbocycles. The van der Waals surface area contributed by atoms with Crippen molar-refractivity contribution in [2.45, 2.75) is 58.1 Å². The molecule has 3 rings (SSSR count). The van der Waals surface area contributed by atoms with Gasteiger partial charge in [-0.15, -0.1) is 0 Å². The molecule has 0 bridgehead atoms. The third kappa shape index (κ3) is 3.52. The van der Waals surface area contributed by atoms with E-state index in [2.05, 4.69) is 5.32 Å². The molecule has 1 aromatic rings. The number of piperidine rings is 1. The lowest BCUT2D eigenvalue weighted by atomic mass is 9.90. The van der Waals surface area contributed by atoms with Crippen LogP contribution >= 0.6 is 0 Å². The first kappa shape index (κ1) is 16.3. The summed E-state index contributed by atoms with van der Waals surface area (Å²) < 4.78 is 7.55. The second kappa shape index (κ2) is 6.15. The Balaban J connectivity index is 1.80. The molecule has 0 saturated carbocycles. The molecule has 1 amide bonds. The van der Waals surface area contributed by atoms with E-state index in [0.29, 0.717) is 19.0 Å². The van der Waals surface area contributed by atoms with Crippen LogP contribution in [0, 0.1) is 0 Å². The number of hydrogen-bond acceptors (Lipinski definition) is 4. The molecule has 2 aliphatic heterocycles. The summed E-state index contributed by atoms with van der Waals surface area (Å²) in [5.41, 5.74) is 3.26. The Bertz CT molecular complexity index is 582. The highest BCUT2D eigenvalue weighted by Crippen LogP contribution is 2.32. The van der Waals surface area contributed by atoms with Gasteiger partial charge in [0.25, 0.3) is 0 Å². The first-order valence-corrected chi connectivity index (χ1v) is 8.58. The number of rotatable bonds is 1. The fraction of sp³-hybridized carbons (Fsp3) is 0.765. The van der Waals surface area contributed by atoms with Gasteiger partial charge in [0.2, 0.25) is 0 Å². The Morgan fingerprint density at radius 3 is 2.65 bits per heavy atom. The monoisotopic (exact) mass is 320 g/mol. The lowest BCUT2D eigenvalue weighted by Crippen LogP contribution is -2.40. The molecule has 0 aliphatic carbocycles. The normalized spacial score (nSPS) is 19.6. The van der Waals surface area contributed by atoms with Crippen molar-refractivity contribution in [1.29, 1.82) is 0 Å². The van der Waals surface area contributed by atoms with Crippen LogP contribution in [0.3, 0.4) is 0 Å². The minimum absolute atomic E-state index is 0.219. The van der Waals surface area contributed by atoms with Gasteiger partial charge in [0.1, 0.15) is 5.60 Å². The van der Waals surface area contributed by atoms with Crippen LogP contribution in [-0.2, 0) is 24.8 Å². The van der Waals surface area contributed by atoms with Crippen molar-refractivity contribution in [1.82, 2.24) is 20.0 Å². The zero-order valence-corrected chi connectivity index (χ0v) is 14.7. The van der Waals surface area contributed by atoms with E-state index in [1.54, 1.807) is 0 Å². The zero-order chi connectivity index (χ0) is 16.6. The maximum absolute atomic E-state index is 12.4. The first-order chi connectivity index (χ1) is 10.8. The van der Waals surface area contributed by atoms with Crippen LogP contribution in [0.4, 0.5) is 4.79 Å². The highest BCUT2D eigenvalue weighted by molar-refractivity contribution is 5.68. The largest absolute Gasteiger partial charge is 0.444 e. The van der Waals surface area contributed by atoms with Crippen molar-refractivity contribution in [3.63, 3.8) is 0 Å². The molecule has 6 nitrogen and oxygen atoms in total. The fourth-order valence-corrected chi connectivity index (χ4v) is 3.53. The number of ether oxygens (including phenoxy) is 1. The molecule has 128 valence electrons. The summed E-state index contributed by atoms with van der Waals surface area (Å²) >= 11 is 0. The highest BCUT2D eigenvalue weighted by atomic mass is 16.6. The summed E-state index contributed by atoms with van der Waals surface area (Å²) in [6.45, 7) is 9.14. The van der Waals surface area contributed by atoms with E-state index in [0.717, 1.165) is 32.4 Å². The number of carbonyl (C=O) groups excluding carboxylic acids is 1. The van der Waals surface area contributed by atoms with Crippen molar-refractivity contribution in [2.75, 3.05) is 19.6 Å². The van der Waals surface area contributed by atoms with Crippen LogP contribution in [0.25, 0.3) is 0 Å². The van der Waals surface area contributed by atoms with Crippen LogP contribution < -0.4 is 5.32 Å². The van der Waals surface area contributed by atoms with Crippen molar-refractivity contribution in [2.24, 2.45) is 7.05 Å². The van der Waals surface area contributed by atoms with Crippen LogP contribution in [0.2, 0.25) is 0 Å². The van der Waals surface area contributed by atoms with E-state index < -0.39 is 5.60 Å². The van der Waals surface area contributed by atoms with E-state index in [1.807, 2.05) is 37.4 Å². The van der Waals surface area contributed by atoms with Gasteiger partial charge in [0.05, 0.1) is 12.2 Å². The van der Waals surface area contributed by atoms with Gasteiger partial charge >= 0.3 is 6.09 Å². The van der Waals surface area contributed by atoms with Crippen molar-refractivity contribution in [3.8, 4) is 0 Å². The molecule has 0 radical (unpaired) electrons. The molecular weight excluding hydrogens is 292 g/mol. The quantitative estimate of drug-likeness (QED) is 0.861. The second-order valence-corrected chi connectivity index (χ2v) is 7.61. The Morgan fingerprint density at radius 1 is 1.30 bits per heavy atom. The summed E-state index contributed by atoms with van der Waals surface area (Å²) in [6.07, 6.45) is 2.87. The first-order valence-electron chi connectivity index (χ1n) is 8.58. The lowest BCUT2D eigenvalue weighted by molar-refractivity contribution is 0.0222. The van der Waals surface area contributed by atoms with E-state index in [4.69, 9.17) is 9.84 Å². The van der Waals surface area contributed by atoms with Gasteiger partial charge in [-0.05, 0) is 46.7 Å². The molecule has 2 aliphatic rings. The van der Waals surface area contributed by atoms with Crippen LogP contribution in [-0.4, -0.2) is 46.0 Å². The molecule has 0 atom stereocenters. The van der Waals surface area contributed by atoms with E-state index >= 15 is 0 Å². The molecule has 1 aromatic heterocycles. The zero-order valence-electron chi connectivity index (χ0n) is 14.7. The molecule has 0 unspecified atom stereocenters. The average molecular weight is 320 g/mol.